The second-order valence-corrected chi connectivity index (χ2v) is 5.11. The summed E-state index contributed by atoms with van der Waals surface area (Å²) in [6.07, 6.45) is 4.04. The van der Waals surface area contributed by atoms with Crippen LogP contribution in [0.2, 0.25) is 0 Å². The van der Waals surface area contributed by atoms with Crippen molar-refractivity contribution in [1.82, 2.24) is 15.4 Å². The molecular formula is C19H16N4O. The summed E-state index contributed by atoms with van der Waals surface area (Å²) in [4.78, 5) is 0. The van der Waals surface area contributed by atoms with E-state index in [1.54, 1.807) is 0 Å². The van der Waals surface area contributed by atoms with Crippen LogP contribution in [0.4, 0.5) is 0 Å². The van der Waals surface area contributed by atoms with E-state index in [4.69, 9.17) is 10.00 Å². The zero-order valence-electron chi connectivity index (χ0n) is 13.2. The second kappa shape index (κ2) is 7.25. The molecule has 5 nitrogen and oxygen atoms in total. The van der Waals surface area contributed by atoms with Crippen molar-refractivity contribution < 1.29 is 4.74 Å². The predicted octanol–water partition coefficient (Wildman–Crippen LogP) is 3.91. The maximum Gasteiger partial charge on any atom is 0.163 e. The molecule has 0 atom stereocenters. The molecule has 1 N–H and O–H groups in total. The molecule has 0 saturated heterocycles. The van der Waals surface area contributed by atoms with E-state index in [-0.39, 0.29) is 0 Å². The lowest BCUT2D eigenvalue weighted by Gasteiger charge is -2.03. The molecule has 0 aliphatic heterocycles. The van der Waals surface area contributed by atoms with Gasteiger partial charge in [0.2, 0.25) is 0 Å². The normalized spacial score (nSPS) is 10.7. The molecule has 0 radical (unpaired) electrons. The number of nitrogens with zero attached hydrogens (tertiary/aromatic N) is 3. The standard InChI is InChI=1S/C19H16N4O/c1-2-24-17-8-4-6-15(12-17)10-9-14-5-3-7-16(11-14)19-18(13-20)21-23-22-19/h3-12H,2H2,1H3,(H,21,22,23)/b10-9+. The van der Waals surface area contributed by atoms with Crippen LogP contribution < -0.4 is 4.74 Å². The van der Waals surface area contributed by atoms with E-state index in [9.17, 15) is 0 Å². The van der Waals surface area contributed by atoms with Crippen LogP contribution >= 0.6 is 0 Å². The fourth-order valence-corrected chi connectivity index (χ4v) is 2.36. The third-order valence-corrected chi connectivity index (χ3v) is 3.46. The van der Waals surface area contributed by atoms with Crippen LogP contribution in [-0.4, -0.2) is 22.0 Å². The fraction of sp³-hybridized carbons (Fsp3) is 0.105. The lowest BCUT2D eigenvalue weighted by Crippen LogP contribution is -1.90. The first-order valence-corrected chi connectivity index (χ1v) is 7.62. The molecule has 0 bridgehead atoms. The summed E-state index contributed by atoms with van der Waals surface area (Å²) in [5.41, 5.74) is 3.85. The molecule has 0 unspecified atom stereocenters. The topological polar surface area (TPSA) is 74.6 Å². The average Bonchev–Trinajstić information content (AvgIpc) is 3.10. The number of nitriles is 1. The Morgan fingerprint density at radius 2 is 1.88 bits per heavy atom. The van der Waals surface area contributed by atoms with Gasteiger partial charge in [0.05, 0.1) is 6.61 Å². The van der Waals surface area contributed by atoms with Gasteiger partial charge in [-0.15, -0.1) is 5.10 Å². The van der Waals surface area contributed by atoms with E-state index in [1.807, 2.05) is 67.6 Å². The molecule has 1 aromatic heterocycles. The summed E-state index contributed by atoms with van der Waals surface area (Å²) in [5, 5.41) is 19.3. The Labute approximate surface area is 140 Å². The summed E-state index contributed by atoms with van der Waals surface area (Å²) in [7, 11) is 0. The number of ether oxygens (including phenoxy) is 1. The van der Waals surface area contributed by atoms with Gasteiger partial charge in [-0.2, -0.15) is 5.26 Å². The summed E-state index contributed by atoms with van der Waals surface area (Å²) in [6.45, 7) is 2.61. The van der Waals surface area contributed by atoms with Gasteiger partial charge in [-0.1, -0.05) is 47.7 Å². The highest BCUT2D eigenvalue weighted by Gasteiger charge is 2.08. The molecule has 0 aliphatic carbocycles. The fourth-order valence-electron chi connectivity index (χ4n) is 2.36. The SMILES string of the molecule is CCOc1cccc(/C=C/c2cccc(-c3nn[nH]c3C#N)c2)c1. The van der Waals surface area contributed by atoms with Crippen LogP contribution in [0.3, 0.4) is 0 Å². The number of aromatic nitrogens is 3. The largest absolute Gasteiger partial charge is 0.494 e. The number of H-pyrrole nitrogens is 1. The lowest BCUT2D eigenvalue weighted by molar-refractivity contribution is 0.340. The molecule has 0 fully saturated rings. The van der Waals surface area contributed by atoms with Gasteiger partial charge in [0.1, 0.15) is 17.5 Å². The molecule has 0 spiro atoms. The van der Waals surface area contributed by atoms with Gasteiger partial charge in [0.25, 0.3) is 0 Å². The van der Waals surface area contributed by atoms with Crippen molar-refractivity contribution in [2.24, 2.45) is 0 Å². The molecule has 24 heavy (non-hydrogen) atoms. The van der Waals surface area contributed by atoms with Crippen molar-refractivity contribution in [3.8, 4) is 23.1 Å². The highest BCUT2D eigenvalue weighted by molar-refractivity contribution is 5.74. The zero-order valence-corrected chi connectivity index (χ0v) is 13.2. The number of benzene rings is 2. The van der Waals surface area contributed by atoms with Crippen LogP contribution in [0.15, 0.2) is 48.5 Å². The van der Waals surface area contributed by atoms with Gasteiger partial charge in [0, 0.05) is 5.56 Å². The lowest BCUT2D eigenvalue weighted by atomic mass is 10.1. The van der Waals surface area contributed by atoms with E-state index in [1.165, 1.54) is 0 Å². The molecule has 118 valence electrons. The molecular weight excluding hydrogens is 300 g/mol. The zero-order chi connectivity index (χ0) is 16.8. The van der Waals surface area contributed by atoms with E-state index in [2.05, 4.69) is 21.5 Å². The molecule has 0 amide bonds. The molecule has 3 aromatic rings. The minimum absolute atomic E-state index is 0.362. The summed E-state index contributed by atoms with van der Waals surface area (Å²) < 4.78 is 5.51. The molecule has 3 rings (SSSR count). The average molecular weight is 316 g/mol. The minimum atomic E-state index is 0.362. The monoisotopic (exact) mass is 316 g/mol. The highest BCUT2D eigenvalue weighted by Crippen LogP contribution is 2.22. The van der Waals surface area contributed by atoms with Gasteiger partial charge in [-0.25, -0.2) is 5.10 Å². The quantitative estimate of drug-likeness (QED) is 0.724. The summed E-state index contributed by atoms with van der Waals surface area (Å²) in [6, 6.07) is 17.8. The molecule has 1 heterocycles. The van der Waals surface area contributed by atoms with Crippen molar-refractivity contribution in [3.05, 3.63) is 65.4 Å². The third kappa shape index (κ3) is 3.50. The van der Waals surface area contributed by atoms with Crippen molar-refractivity contribution in [2.75, 3.05) is 6.61 Å². The van der Waals surface area contributed by atoms with Gasteiger partial charge < -0.3 is 4.74 Å². The van der Waals surface area contributed by atoms with Gasteiger partial charge in [0.15, 0.2) is 5.69 Å². The Balaban J connectivity index is 1.85. The number of hydrogen-bond donors (Lipinski definition) is 1. The second-order valence-electron chi connectivity index (χ2n) is 5.11. The van der Waals surface area contributed by atoms with Crippen molar-refractivity contribution in [3.63, 3.8) is 0 Å². The van der Waals surface area contributed by atoms with E-state index >= 15 is 0 Å². The third-order valence-electron chi connectivity index (χ3n) is 3.46. The Morgan fingerprint density at radius 3 is 2.62 bits per heavy atom. The molecule has 0 aliphatic rings. The van der Waals surface area contributed by atoms with Crippen molar-refractivity contribution in [1.29, 1.82) is 5.26 Å². The van der Waals surface area contributed by atoms with Crippen LogP contribution in [0, 0.1) is 11.3 Å². The maximum absolute atomic E-state index is 9.07. The van der Waals surface area contributed by atoms with Crippen LogP contribution in [0.25, 0.3) is 23.4 Å². The van der Waals surface area contributed by atoms with E-state index in [0.29, 0.717) is 18.0 Å². The molecule has 0 saturated carbocycles. The van der Waals surface area contributed by atoms with E-state index in [0.717, 1.165) is 22.4 Å². The summed E-state index contributed by atoms with van der Waals surface area (Å²) >= 11 is 0. The minimum Gasteiger partial charge on any atom is -0.494 e. The Kier molecular flexibility index (Phi) is 4.68. The van der Waals surface area contributed by atoms with Crippen molar-refractivity contribution >= 4 is 12.2 Å². The first-order valence-electron chi connectivity index (χ1n) is 7.62. The van der Waals surface area contributed by atoms with Crippen LogP contribution in [0.5, 0.6) is 5.75 Å². The van der Waals surface area contributed by atoms with Gasteiger partial charge in [-0.3, -0.25) is 0 Å². The molecule has 5 heteroatoms. The van der Waals surface area contributed by atoms with Gasteiger partial charge >= 0.3 is 0 Å². The maximum atomic E-state index is 9.07. The van der Waals surface area contributed by atoms with Gasteiger partial charge in [-0.05, 0) is 36.2 Å². The smallest absolute Gasteiger partial charge is 0.163 e. The van der Waals surface area contributed by atoms with Crippen LogP contribution in [-0.2, 0) is 0 Å². The summed E-state index contributed by atoms with van der Waals surface area (Å²) in [5.74, 6) is 0.856. The number of aromatic amines is 1. The Hall–Kier alpha value is -3.39. The number of nitrogens with one attached hydrogen (secondary N) is 1. The molecule has 2 aromatic carbocycles. The predicted molar refractivity (Wildman–Crippen MR) is 93.1 cm³/mol. The van der Waals surface area contributed by atoms with E-state index < -0.39 is 0 Å². The Morgan fingerprint density at radius 1 is 1.12 bits per heavy atom. The highest BCUT2D eigenvalue weighted by atomic mass is 16.5. The van der Waals surface area contributed by atoms with Crippen molar-refractivity contribution in [2.45, 2.75) is 6.92 Å². The number of rotatable bonds is 5. The first-order chi connectivity index (χ1) is 11.8. The number of hydrogen-bond acceptors (Lipinski definition) is 4. The first kappa shape index (κ1) is 15.5. The van der Waals surface area contributed by atoms with Crippen LogP contribution in [0.1, 0.15) is 23.7 Å². The Bertz CT molecular complexity index is 905.